The van der Waals surface area contributed by atoms with Crippen molar-refractivity contribution < 1.29 is 14.3 Å². The van der Waals surface area contributed by atoms with Gasteiger partial charge < -0.3 is 21.1 Å². The molecule has 102 valence electrons. The van der Waals surface area contributed by atoms with Gasteiger partial charge in [0.2, 0.25) is 0 Å². The Labute approximate surface area is 111 Å². The van der Waals surface area contributed by atoms with Crippen molar-refractivity contribution in [2.75, 3.05) is 25.9 Å². The second-order valence-corrected chi connectivity index (χ2v) is 3.71. The molecule has 0 fully saturated rings. The van der Waals surface area contributed by atoms with E-state index in [-0.39, 0.29) is 18.4 Å². The Kier molecular flexibility index (Phi) is 5.40. The Morgan fingerprint density at radius 2 is 2.21 bits per heavy atom. The fourth-order valence-corrected chi connectivity index (χ4v) is 1.28. The summed E-state index contributed by atoms with van der Waals surface area (Å²) in [7, 11) is 1.51. The first-order valence-corrected chi connectivity index (χ1v) is 5.70. The Bertz CT molecular complexity index is 486. The number of nitrogens with one attached hydrogen (secondary N) is 2. The predicted octanol–water partition coefficient (Wildman–Crippen LogP) is 0.309. The van der Waals surface area contributed by atoms with Crippen molar-refractivity contribution in [3.8, 4) is 5.75 Å². The first kappa shape index (κ1) is 14.6. The molecule has 2 amide bonds. The quantitative estimate of drug-likeness (QED) is 0.508. The van der Waals surface area contributed by atoms with Crippen LogP contribution in [0, 0.1) is 0 Å². The van der Waals surface area contributed by atoms with Gasteiger partial charge in [0.15, 0.2) is 6.61 Å². The smallest absolute Gasteiger partial charge is 0.257 e. The largest absolute Gasteiger partial charge is 0.482 e. The summed E-state index contributed by atoms with van der Waals surface area (Å²) in [4.78, 5) is 22.8. The van der Waals surface area contributed by atoms with E-state index in [1.165, 1.54) is 13.1 Å². The second-order valence-electron chi connectivity index (χ2n) is 3.71. The van der Waals surface area contributed by atoms with E-state index in [4.69, 9.17) is 10.5 Å². The van der Waals surface area contributed by atoms with Gasteiger partial charge in [0.1, 0.15) is 5.75 Å². The first-order valence-electron chi connectivity index (χ1n) is 5.70. The van der Waals surface area contributed by atoms with Gasteiger partial charge in [-0.1, -0.05) is 6.08 Å². The van der Waals surface area contributed by atoms with Crippen LogP contribution in [0.3, 0.4) is 0 Å². The monoisotopic (exact) mass is 263 g/mol. The number of carbonyl (C=O) groups excluding carboxylic acids is 2. The molecule has 0 aromatic heterocycles. The number of ether oxygens (including phenoxy) is 1. The number of anilines is 1. The maximum Gasteiger partial charge on any atom is 0.257 e. The number of nitrogens with two attached hydrogens (primary N) is 1. The summed E-state index contributed by atoms with van der Waals surface area (Å²) in [6.07, 6.45) is 1.58. The molecule has 0 unspecified atom stereocenters. The number of likely N-dealkylation sites (N-methyl/N-ethyl adjacent to an activating group) is 1. The Morgan fingerprint density at radius 1 is 1.47 bits per heavy atom. The minimum Gasteiger partial charge on any atom is -0.482 e. The molecule has 0 atom stereocenters. The van der Waals surface area contributed by atoms with Crippen molar-refractivity contribution in [2.45, 2.75) is 0 Å². The highest BCUT2D eigenvalue weighted by molar-refractivity contribution is 5.95. The fourth-order valence-electron chi connectivity index (χ4n) is 1.28. The number of amides is 2. The standard InChI is InChI=1S/C13H17N3O3/c1-3-6-16-13(18)9-4-5-10(14)11(7-9)19-8-12(17)15-2/h3-5,7H,1,6,8,14H2,2H3,(H,15,17)(H,16,18). The molecule has 0 saturated heterocycles. The zero-order valence-corrected chi connectivity index (χ0v) is 10.7. The molecule has 6 heteroatoms. The molecule has 19 heavy (non-hydrogen) atoms. The molecule has 0 radical (unpaired) electrons. The van der Waals surface area contributed by atoms with E-state index in [0.29, 0.717) is 23.5 Å². The minimum absolute atomic E-state index is 0.154. The molecule has 0 spiro atoms. The van der Waals surface area contributed by atoms with E-state index in [1.807, 2.05) is 0 Å². The van der Waals surface area contributed by atoms with Crippen LogP contribution < -0.4 is 21.1 Å². The van der Waals surface area contributed by atoms with E-state index >= 15 is 0 Å². The summed E-state index contributed by atoms with van der Waals surface area (Å²) in [5, 5.41) is 5.06. The molecule has 1 aromatic carbocycles. The summed E-state index contributed by atoms with van der Waals surface area (Å²) >= 11 is 0. The van der Waals surface area contributed by atoms with Gasteiger partial charge >= 0.3 is 0 Å². The van der Waals surface area contributed by atoms with Crippen LogP contribution in [0.4, 0.5) is 5.69 Å². The van der Waals surface area contributed by atoms with Crippen molar-refractivity contribution in [2.24, 2.45) is 0 Å². The van der Waals surface area contributed by atoms with E-state index in [1.54, 1.807) is 18.2 Å². The third-order valence-electron chi connectivity index (χ3n) is 2.32. The third kappa shape index (κ3) is 4.34. The van der Waals surface area contributed by atoms with Crippen LogP contribution in [-0.2, 0) is 4.79 Å². The molecule has 0 aliphatic rings. The van der Waals surface area contributed by atoms with Crippen molar-refractivity contribution in [1.82, 2.24) is 10.6 Å². The number of hydrogen-bond acceptors (Lipinski definition) is 4. The number of nitrogen functional groups attached to an aromatic ring is 1. The van der Waals surface area contributed by atoms with Crippen LogP contribution in [-0.4, -0.2) is 32.0 Å². The molecule has 1 rings (SSSR count). The molecular weight excluding hydrogens is 246 g/mol. The van der Waals surface area contributed by atoms with Crippen LogP contribution in [0.1, 0.15) is 10.4 Å². The molecule has 1 aromatic rings. The normalized spacial score (nSPS) is 9.53. The second kappa shape index (κ2) is 7.05. The zero-order chi connectivity index (χ0) is 14.3. The molecule has 0 aliphatic heterocycles. The lowest BCUT2D eigenvalue weighted by atomic mass is 10.2. The van der Waals surface area contributed by atoms with E-state index in [0.717, 1.165) is 0 Å². The van der Waals surface area contributed by atoms with Crippen LogP contribution >= 0.6 is 0 Å². The minimum atomic E-state index is -0.277. The van der Waals surface area contributed by atoms with Crippen molar-refractivity contribution >= 4 is 17.5 Å². The predicted molar refractivity (Wildman–Crippen MR) is 72.9 cm³/mol. The summed E-state index contributed by atoms with van der Waals surface area (Å²) in [5.74, 6) is -0.236. The molecule has 0 bridgehead atoms. The van der Waals surface area contributed by atoms with Crippen LogP contribution in [0.15, 0.2) is 30.9 Å². The van der Waals surface area contributed by atoms with E-state index in [9.17, 15) is 9.59 Å². The molecule has 0 heterocycles. The van der Waals surface area contributed by atoms with Crippen LogP contribution in [0.2, 0.25) is 0 Å². The molecule has 6 nitrogen and oxygen atoms in total. The van der Waals surface area contributed by atoms with Crippen molar-refractivity contribution in [3.63, 3.8) is 0 Å². The van der Waals surface area contributed by atoms with Gasteiger partial charge in [0, 0.05) is 19.2 Å². The van der Waals surface area contributed by atoms with Crippen LogP contribution in [0.5, 0.6) is 5.75 Å². The van der Waals surface area contributed by atoms with Gasteiger partial charge in [-0.3, -0.25) is 9.59 Å². The van der Waals surface area contributed by atoms with Crippen molar-refractivity contribution in [3.05, 3.63) is 36.4 Å². The Morgan fingerprint density at radius 3 is 2.84 bits per heavy atom. The summed E-state index contributed by atoms with van der Waals surface area (Å²) in [6, 6.07) is 4.64. The Hall–Kier alpha value is -2.50. The number of benzene rings is 1. The lowest BCUT2D eigenvalue weighted by Gasteiger charge is -2.10. The van der Waals surface area contributed by atoms with E-state index in [2.05, 4.69) is 17.2 Å². The van der Waals surface area contributed by atoms with Gasteiger partial charge in [-0.25, -0.2) is 0 Å². The first-order chi connectivity index (χ1) is 9.08. The maximum absolute atomic E-state index is 11.7. The van der Waals surface area contributed by atoms with Crippen LogP contribution in [0.25, 0.3) is 0 Å². The SMILES string of the molecule is C=CCNC(=O)c1ccc(N)c(OCC(=O)NC)c1. The number of rotatable bonds is 6. The average molecular weight is 263 g/mol. The maximum atomic E-state index is 11.7. The highest BCUT2D eigenvalue weighted by Gasteiger charge is 2.09. The van der Waals surface area contributed by atoms with Gasteiger partial charge in [0.25, 0.3) is 11.8 Å². The number of hydrogen-bond donors (Lipinski definition) is 3. The lowest BCUT2D eigenvalue weighted by molar-refractivity contribution is -0.122. The summed E-state index contributed by atoms with van der Waals surface area (Å²) in [5.41, 5.74) is 6.48. The lowest BCUT2D eigenvalue weighted by Crippen LogP contribution is -2.25. The van der Waals surface area contributed by atoms with Gasteiger partial charge in [-0.2, -0.15) is 0 Å². The summed E-state index contributed by atoms with van der Waals surface area (Å²) < 4.78 is 5.25. The van der Waals surface area contributed by atoms with Gasteiger partial charge in [0.05, 0.1) is 5.69 Å². The topological polar surface area (TPSA) is 93.5 Å². The van der Waals surface area contributed by atoms with E-state index < -0.39 is 0 Å². The third-order valence-corrected chi connectivity index (χ3v) is 2.32. The fraction of sp³-hybridized carbons (Fsp3) is 0.231. The molecular formula is C13H17N3O3. The highest BCUT2D eigenvalue weighted by atomic mass is 16.5. The van der Waals surface area contributed by atoms with Crippen molar-refractivity contribution in [1.29, 1.82) is 0 Å². The number of carbonyl (C=O) groups is 2. The molecule has 4 N–H and O–H groups in total. The zero-order valence-electron chi connectivity index (χ0n) is 10.7. The highest BCUT2D eigenvalue weighted by Crippen LogP contribution is 2.22. The summed E-state index contributed by atoms with van der Waals surface area (Å²) in [6.45, 7) is 3.73. The average Bonchev–Trinajstić information content (AvgIpc) is 2.43. The Balaban J connectivity index is 2.78. The van der Waals surface area contributed by atoms with Gasteiger partial charge in [-0.15, -0.1) is 6.58 Å². The van der Waals surface area contributed by atoms with Gasteiger partial charge in [-0.05, 0) is 18.2 Å². The molecule has 0 aliphatic carbocycles. The molecule has 0 saturated carbocycles.